The van der Waals surface area contributed by atoms with E-state index in [9.17, 15) is 0 Å². The minimum Gasteiger partial charge on any atom is -0.384 e. The predicted molar refractivity (Wildman–Crippen MR) is 74.4 cm³/mol. The van der Waals surface area contributed by atoms with Crippen LogP contribution in [0.4, 0.5) is 5.69 Å². The average Bonchev–Trinajstić information content (AvgIpc) is 2.74. The molecule has 1 aliphatic rings. The smallest absolute Gasteiger partial charge is 0.123 e. The number of nitrogens with one attached hydrogen (secondary N) is 1. The zero-order valence-electron chi connectivity index (χ0n) is 11.2. The van der Waals surface area contributed by atoms with Gasteiger partial charge in [0, 0.05) is 24.9 Å². The minimum atomic E-state index is 0.124. The van der Waals surface area contributed by atoms with Gasteiger partial charge in [0.1, 0.15) is 5.84 Å². The van der Waals surface area contributed by atoms with Gasteiger partial charge in [-0.2, -0.15) is 0 Å². The van der Waals surface area contributed by atoms with E-state index < -0.39 is 0 Å². The highest BCUT2D eigenvalue weighted by atomic mass is 16.5. The number of likely N-dealkylation sites (N-methyl/N-ethyl adjacent to an activating group) is 1. The summed E-state index contributed by atoms with van der Waals surface area (Å²) in [5.41, 5.74) is 8.54. The van der Waals surface area contributed by atoms with Crippen LogP contribution in [0.15, 0.2) is 18.2 Å². The molecule has 1 saturated heterocycles. The number of benzene rings is 1. The molecule has 4 heteroatoms. The fourth-order valence-electron chi connectivity index (χ4n) is 2.59. The minimum absolute atomic E-state index is 0.124. The molecule has 1 aliphatic heterocycles. The Kier molecular flexibility index (Phi) is 3.57. The van der Waals surface area contributed by atoms with Crippen molar-refractivity contribution in [2.24, 2.45) is 5.73 Å². The first-order chi connectivity index (χ1) is 8.50. The number of aryl methyl sites for hydroxylation is 1. The highest BCUT2D eigenvalue weighted by Gasteiger charge is 2.28. The molecule has 18 heavy (non-hydrogen) atoms. The largest absolute Gasteiger partial charge is 0.384 e. The molecule has 0 aliphatic carbocycles. The SMILES string of the molecule is Cc1cc(N(C)C2CCOC2C)ccc1C(=N)N. The summed E-state index contributed by atoms with van der Waals surface area (Å²) in [6, 6.07) is 6.45. The van der Waals surface area contributed by atoms with Crippen molar-refractivity contribution >= 4 is 11.5 Å². The van der Waals surface area contributed by atoms with E-state index in [-0.39, 0.29) is 11.9 Å². The van der Waals surface area contributed by atoms with E-state index in [1.807, 2.05) is 19.1 Å². The van der Waals surface area contributed by atoms with Crippen LogP contribution in [0.2, 0.25) is 0 Å². The van der Waals surface area contributed by atoms with Gasteiger partial charge < -0.3 is 15.4 Å². The van der Waals surface area contributed by atoms with Crippen LogP contribution in [-0.2, 0) is 4.74 Å². The summed E-state index contributed by atoms with van der Waals surface area (Å²) in [4.78, 5) is 2.26. The van der Waals surface area contributed by atoms with Gasteiger partial charge in [0.15, 0.2) is 0 Å². The van der Waals surface area contributed by atoms with Crippen LogP contribution >= 0.6 is 0 Å². The topological polar surface area (TPSA) is 62.3 Å². The molecule has 0 radical (unpaired) electrons. The number of nitrogens with two attached hydrogens (primary N) is 1. The number of amidine groups is 1. The molecule has 1 fully saturated rings. The average molecular weight is 247 g/mol. The zero-order chi connectivity index (χ0) is 13.3. The number of hydrogen-bond donors (Lipinski definition) is 2. The van der Waals surface area contributed by atoms with Crippen LogP contribution in [0.3, 0.4) is 0 Å². The van der Waals surface area contributed by atoms with Gasteiger partial charge in [-0.1, -0.05) is 0 Å². The van der Waals surface area contributed by atoms with E-state index in [0.717, 1.165) is 29.8 Å². The number of anilines is 1. The third-order valence-electron chi connectivity index (χ3n) is 3.74. The fraction of sp³-hybridized carbons (Fsp3) is 0.500. The first kappa shape index (κ1) is 12.9. The Morgan fingerprint density at radius 2 is 2.22 bits per heavy atom. The van der Waals surface area contributed by atoms with Crippen LogP contribution < -0.4 is 10.6 Å². The highest BCUT2D eigenvalue weighted by molar-refractivity contribution is 5.96. The molecule has 0 spiro atoms. The summed E-state index contributed by atoms with van der Waals surface area (Å²) in [6.45, 7) is 4.94. The third-order valence-corrected chi connectivity index (χ3v) is 3.74. The third kappa shape index (κ3) is 2.34. The van der Waals surface area contributed by atoms with Crippen LogP contribution in [0.25, 0.3) is 0 Å². The van der Waals surface area contributed by atoms with Crippen molar-refractivity contribution in [1.82, 2.24) is 0 Å². The monoisotopic (exact) mass is 247 g/mol. The lowest BCUT2D eigenvalue weighted by molar-refractivity contribution is 0.118. The number of nitrogen functional groups attached to an aromatic ring is 1. The molecular formula is C14H21N3O. The lowest BCUT2D eigenvalue weighted by Gasteiger charge is -2.29. The molecule has 0 amide bonds. The second kappa shape index (κ2) is 4.98. The van der Waals surface area contributed by atoms with E-state index >= 15 is 0 Å². The highest BCUT2D eigenvalue weighted by Crippen LogP contribution is 2.25. The summed E-state index contributed by atoms with van der Waals surface area (Å²) in [5, 5.41) is 7.50. The maximum Gasteiger partial charge on any atom is 0.123 e. The molecule has 98 valence electrons. The summed E-state index contributed by atoms with van der Waals surface area (Å²) in [6.07, 6.45) is 1.33. The van der Waals surface area contributed by atoms with Crippen LogP contribution in [0.1, 0.15) is 24.5 Å². The molecule has 1 aromatic carbocycles. The molecular weight excluding hydrogens is 226 g/mol. The standard InChI is InChI=1S/C14H21N3O/c1-9-8-11(4-5-12(9)14(15)16)17(3)13-6-7-18-10(13)2/h4-5,8,10,13H,6-7H2,1-3H3,(H3,15,16). The lowest BCUT2D eigenvalue weighted by Crippen LogP contribution is -2.36. The Hall–Kier alpha value is -1.55. The Labute approximate surface area is 108 Å². The van der Waals surface area contributed by atoms with E-state index in [4.69, 9.17) is 15.9 Å². The number of hydrogen-bond acceptors (Lipinski definition) is 3. The quantitative estimate of drug-likeness (QED) is 0.633. The Bertz CT molecular complexity index is 458. The normalized spacial score (nSPS) is 23.1. The van der Waals surface area contributed by atoms with E-state index in [0.29, 0.717) is 6.04 Å². The van der Waals surface area contributed by atoms with Crippen LogP contribution in [0, 0.1) is 12.3 Å². The van der Waals surface area contributed by atoms with Gasteiger partial charge in [-0.05, 0) is 44.0 Å². The van der Waals surface area contributed by atoms with E-state index in [2.05, 4.69) is 24.9 Å². The summed E-state index contributed by atoms with van der Waals surface area (Å²) < 4.78 is 5.60. The van der Waals surface area contributed by atoms with Crippen molar-refractivity contribution in [3.8, 4) is 0 Å². The van der Waals surface area contributed by atoms with Crippen molar-refractivity contribution < 1.29 is 4.74 Å². The predicted octanol–water partition coefficient (Wildman–Crippen LogP) is 1.89. The Morgan fingerprint density at radius 3 is 2.72 bits per heavy atom. The van der Waals surface area contributed by atoms with Crippen molar-refractivity contribution in [3.63, 3.8) is 0 Å². The zero-order valence-corrected chi connectivity index (χ0v) is 11.2. The molecule has 0 bridgehead atoms. The summed E-state index contributed by atoms with van der Waals surface area (Å²) in [7, 11) is 2.10. The number of ether oxygens (including phenoxy) is 1. The van der Waals surface area contributed by atoms with Gasteiger partial charge in [0.05, 0.1) is 12.1 Å². The van der Waals surface area contributed by atoms with Crippen molar-refractivity contribution in [1.29, 1.82) is 5.41 Å². The maximum absolute atomic E-state index is 7.50. The maximum atomic E-state index is 7.50. The van der Waals surface area contributed by atoms with Gasteiger partial charge in [-0.15, -0.1) is 0 Å². The second-order valence-corrected chi connectivity index (χ2v) is 4.96. The molecule has 1 aromatic rings. The van der Waals surface area contributed by atoms with Crippen molar-refractivity contribution in [3.05, 3.63) is 29.3 Å². The van der Waals surface area contributed by atoms with Crippen LogP contribution in [0.5, 0.6) is 0 Å². The molecule has 4 nitrogen and oxygen atoms in total. The summed E-state index contributed by atoms with van der Waals surface area (Å²) >= 11 is 0. The lowest BCUT2D eigenvalue weighted by atomic mass is 10.0. The fourth-order valence-corrected chi connectivity index (χ4v) is 2.59. The second-order valence-electron chi connectivity index (χ2n) is 4.96. The first-order valence-electron chi connectivity index (χ1n) is 6.30. The first-order valence-corrected chi connectivity index (χ1v) is 6.30. The van der Waals surface area contributed by atoms with Gasteiger partial charge in [0.2, 0.25) is 0 Å². The van der Waals surface area contributed by atoms with E-state index in [1.165, 1.54) is 0 Å². The molecule has 3 N–H and O–H groups in total. The van der Waals surface area contributed by atoms with Gasteiger partial charge in [-0.3, -0.25) is 5.41 Å². The van der Waals surface area contributed by atoms with Gasteiger partial charge >= 0.3 is 0 Å². The molecule has 0 aromatic heterocycles. The van der Waals surface area contributed by atoms with Crippen molar-refractivity contribution in [2.75, 3.05) is 18.6 Å². The van der Waals surface area contributed by atoms with E-state index in [1.54, 1.807) is 0 Å². The van der Waals surface area contributed by atoms with Gasteiger partial charge in [0.25, 0.3) is 0 Å². The Balaban J connectivity index is 2.23. The number of rotatable bonds is 3. The van der Waals surface area contributed by atoms with Crippen molar-refractivity contribution in [2.45, 2.75) is 32.4 Å². The van der Waals surface area contributed by atoms with Gasteiger partial charge in [-0.25, -0.2) is 0 Å². The molecule has 2 rings (SSSR count). The summed E-state index contributed by atoms with van der Waals surface area (Å²) in [5.74, 6) is 0.124. The molecule has 2 atom stereocenters. The Morgan fingerprint density at radius 1 is 1.50 bits per heavy atom. The van der Waals surface area contributed by atoms with Crippen LogP contribution in [-0.4, -0.2) is 31.6 Å². The molecule has 0 saturated carbocycles. The number of nitrogens with zero attached hydrogens (tertiary/aromatic N) is 1. The molecule has 2 unspecified atom stereocenters. The molecule has 1 heterocycles.